The van der Waals surface area contributed by atoms with Gasteiger partial charge in [-0.1, -0.05) is 108 Å². The van der Waals surface area contributed by atoms with Gasteiger partial charge in [-0.2, -0.15) is 0 Å². The molecule has 271 valence electrons. The summed E-state index contributed by atoms with van der Waals surface area (Å²) in [5.41, 5.74) is 11.0. The molecule has 0 saturated carbocycles. The van der Waals surface area contributed by atoms with Crippen molar-refractivity contribution in [3.8, 4) is 28.3 Å². The van der Waals surface area contributed by atoms with Crippen LogP contribution in [-0.4, -0.2) is 27.6 Å². The van der Waals surface area contributed by atoms with Crippen LogP contribution in [0.1, 0.15) is 66.0 Å². The summed E-state index contributed by atoms with van der Waals surface area (Å²) in [4.78, 5) is 14.3. The number of nitrogens with zero attached hydrogens (tertiary/aromatic N) is 4. The van der Waals surface area contributed by atoms with E-state index in [0.717, 1.165) is 55.7 Å². The Morgan fingerprint density at radius 2 is 1.55 bits per heavy atom. The molecule has 4 heterocycles. The van der Waals surface area contributed by atoms with E-state index in [2.05, 4.69) is 129 Å². The molecular weight excluding hydrogens is 845 g/mol. The summed E-state index contributed by atoms with van der Waals surface area (Å²) in [6, 6.07) is 38.6. The van der Waals surface area contributed by atoms with Gasteiger partial charge in [-0.05, 0) is 65.0 Å². The molecule has 0 atom stereocenters. The van der Waals surface area contributed by atoms with Crippen LogP contribution in [0.5, 0.6) is 0 Å². The van der Waals surface area contributed by atoms with Crippen LogP contribution in [0.25, 0.3) is 61.4 Å². The number of hydrogen-bond acceptors (Lipinski definition) is 4. The van der Waals surface area contributed by atoms with E-state index in [-0.39, 0.29) is 20.1 Å². The van der Waals surface area contributed by atoms with E-state index in [1.165, 1.54) is 28.1 Å². The Morgan fingerprint density at radius 1 is 0.792 bits per heavy atom. The molecule has 8 rings (SSSR count). The number of furan rings is 1. The average Bonchev–Trinajstić information content (AvgIpc) is 3.72. The maximum absolute atomic E-state index is 7.35. The molecule has 5 nitrogen and oxygen atoms in total. The second-order valence-electron chi connectivity index (χ2n) is 15.0. The Balaban J connectivity index is 0.000000217. The summed E-state index contributed by atoms with van der Waals surface area (Å²) < 4.78 is 30.7. The second kappa shape index (κ2) is 15.4. The van der Waals surface area contributed by atoms with E-state index >= 15 is 0 Å². The molecule has 0 fully saturated rings. The molecule has 0 aliphatic rings. The van der Waals surface area contributed by atoms with E-state index in [1.807, 2.05) is 37.4 Å². The van der Waals surface area contributed by atoms with Gasteiger partial charge < -0.3 is 14.0 Å². The zero-order chi connectivity index (χ0) is 39.2. The Hall–Kier alpha value is -4.68. The third kappa shape index (κ3) is 7.57. The van der Waals surface area contributed by atoms with Gasteiger partial charge in [0.15, 0.2) is 0 Å². The summed E-state index contributed by atoms with van der Waals surface area (Å²) in [7, 11) is -1.34. The van der Waals surface area contributed by atoms with Crippen molar-refractivity contribution >= 4 is 46.4 Å². The SMILES string of the molecule is Cc1ccc2c(n1)oc1c(-c3nc4ccccc4n3-c3c(C(C)C)cccc3C(C)C)[c-]ccc12.[2H]C([2H])([2H])c1c[c-]c(-c2ccc([Si](C)(C)C)cn2)cc1.[Ir]. The predicted octanol–water partition coefficient (Wildman–Crippen LogP) is 11.7. The van der Waals surface area contributed by atoms with Gasteiger partial charge in [0.2, 0.25) is 5.71 Å². The number of pyridine rings is 2. The molecule has 1 radical (unpaired) electrons. The molecular formula is C46H46IrN4OSi-2. The van der Waals surface area contributed by atoms with Crippen LogP contribution >= 0.6 is 0 Å². The number of fused-ring (bicyclic) bond motifs is 4. The summed E-state index contributed by atoms with van der Waals surface area (Å²) in [6.45, 7) is 15.7. The quantitative estimate of drug-likeness (QED) is 0.123. The van der Waals surface area contributed by atoms with Crippen LogP contribution in [0.4, 0.5) is 0 Å². The van der Waals surface area contributed by atoms with Crippen LogP contribution < -0.4 is 5.19 Å². The number of para-hydroxylation sites is 3. The zero-order valence-corrected chi connectivity index (χ0v) is 34.9. The minimum absolute atomic E-state index is 0. The van der Waals surface area contributed by atoms with Gasteiger partial charge in [0.1, 0.15) is 0 Å². The molecule has 53 heavy (non-hydrogen) atoms. The fourth-order valence-electron chi connectivity index (χ4n) is 6.65. The average molecular weight is 894 g/mol. The van der Waals surface area contributed by atoms with Crippen molar-refractivity contribution in [2.24, 2.45) is 0 Å². The van der Waals surface area contributed by atoms with E-state index in [1.54, 1.807) is 12.1 Å². The molecule has 8 aromatic rings. The minimum Gasteiger partial charge on any atom is -0.486 e. The van der Waals surface area contributed by atoms with Crippen LogP contribution in [0.15, 0.2) is 108 Å². The Labute approximate surface area is 332 Å². The van der Waals surface area contributed by atoms with Crippen LogP contribution in [0.3, 0.4) is 0 Å². The van der Waals surface area contributed by atoms with Crippen molar-refractivity contribution in [1.82, 2.24) is 19.5 Å². The molecule has 0 unspecified atom stereocenters. The van der Waals surface area contributed by atoms with Crippen molar-refractivity contribution in [1.29, 1.82) is 0 Å². The van der Waals surface area contributed by atoms with E-state index in [0.29, 0.717) is 23.1 Å². The first-order chi connectivity index (χ1) is 26.1. The van der Waals surface area contributed by atoms with Crippen LogP contribution in [0, 0.1) is 25.9 Å². The predicted molar refractivity (Wildman–Crippen MR) is 220 cm³/mol. The normalized spacial score (nSPS) is 12.8. The number of aromatic nitrogens is 4. The molecule has 4 aromatic carbocycles. The fourth-order valence-corrected chi connectivity index (χ4v) is 7.69. The number of imidazole rings is 1. The first-order valence-corrected chi connectivity index (χ1v) is 21.4. The number of aryl methyl sites for hydroxylation is 2. The fraction of sp³-hybridized carbons (Fsp3) is 0.239. The second-order valence-corrected chi connectivity index (χ2v) is 20.1. The summed E-state index contributed by atoms with van der Waals surface area (Å²) in [5, 5.41) is 3.34. The van der Waals surface area contributed by atoms with E-state index in [9.17, 15) is 0 Å². The molecule has 4 aromatic heterocycles. The third-order valence-electron chi connectivity index (χ3n) is 9.51. The smallest absolute Gasteiger partial charge is 0.216 e. The summed E-state index contributed by atoms with van der Waals surface area (Å²) in [5.74, 6) is 1.55. The van der Waals surface area contributed by atoms with Crippen molar-refractivity contribution in [3.05, 3.63) is 138 Å². The molecule has 0 N–H and O–H groups in total. The molecule has 0 bridgehead atoms. The Morgan fingerprint density at radius 3 is 2.19 bits per heavy atom. The van der Waals surface area contributed by atoms with Gasteiger partial charge in [0, 0.05) is 47.2 Å². The third-order valence-corrected chi connectivity index (χ3v) is 11.5. The molecule has 0 aliphatic heterocycles. The maximum atomic E-state index is 7.35. The number of hydrogen-bond donors (Lipinski definition) is 0. The van der Waals surface area contributed by atoms with Crippen molar-refractivity contribution in [2.45, 2.75) is 72.9 Å². The molecule has 0 amide bonds. The first-order valence-electron chi connectivity index (χ1n) is 19.4. The van der Waals surface area contributed by atoms with Gasteiger partial charge in [0.05, 0.1) is 30.5 Å². The van der Waals surface area contributed by atoms with Crippen molar-refractivity contribution < 1.29 is 28.6 Å². The van der Waals surface area contributed by atoms with E-state index in [4.69, 9.17) is 13.5 Å². The first kappa shape index (κ1) is 34.1. The maximum Gasteiger partial charge on any atom is 0.216 e. The van der Waals surface area contributed by atoms with Gasteiger partial charge in [-0.3, -0.25) is 4.98 Å². The topological polar surface area (TPSA) is 56.7 Å². The van der Waals surface area contributed by atoms with Gasteiger partial charge in [-0.15, -0.1) is 53.6 Å². The monoisotopic (exact) mass is 894 g/mol. The molecule has 7 heteroatoms. The Kier molecular flexibility index (Phi) is 9.88. The standard InChI is InChI=1S/C31H28N3O.C15H18NSi.Ir/c1-18(2)21-10-8-11-22(19(3)4)28(21)34-27-15-7-6-14-26(27)33-30(34)25-13-9-12-23-24-17-16-20(5)32-31(24)35-29(23)25;1-12-5-7-13(8-6-12)15-10-9-14(11-16-15)17(2,3)4;/h6-12,14-19H,1-5H3;5-7,9-11H,1-4H3;/q2*-1;/i;1D3;. The van der Waals surface area contributed by atoms with Crippen LogP contribution in [0.2, 0.25) is 19.6 Å². The molecule has 0 spiro atoms. The summed E-state index contributed by atoms with van der Waals surface area (Å²) >= 11 is 0. The van der Waals surface area contributed by atoms with Crippen molar-refractivity contribution in [2.75, 3.05) is 0 Å². The minimum atomic E-state index is -2.08. The number of benzene rings is 4. The van der Waals surface area contributed by atoms with Gasteiger partial charge >= 0.3 is 0 Å². The van der Waals surface area contributed by atoms with Crippen molar-refractivity contribution in [3.63, 3.8) is 0 Å². The zero-order valence-electron chi connectivity index (χ0n) is 34.5. The molecule has 0 aliphatic carbocycles. The summed E-state index contributed by atoms with van der Waals surface area (Å²) in [6.07, 6.45) is 1.92. The van der Waals surface area contributed by atoms with Gasteiger partial charge in [0.25, 0.3) is 0 Å². The molecule has 0 saturated heterocycles. The van der Waals surface area contributed by atoms with E-state index < -0.39 is 14.9 Å². The van der Waals surface area contributed by atoms with Gasteiger partial charge in [-0.25, -0.2) is 4.98 Å². The number of rotatable bonds is 6. The Bertz CT molecular complexity index is 2560. The largest absolute Gasteiger partial charge is 0.486 e. The van der Waals surface area contributed by atoms with Crippen LogP contribution in [-0.2, 0) is 20.1 Å².